The van der Waals surface area contributed by atoms with Gasteiger partial charge in [0, 0.05) is 10.0 Å². The van der Waals surface area contributed by atoms with Crippen molar-refractivity contribution in [2.45, 2.75) is 0 Å². The Morgan fingerprint density at radius 2 is 1.95 bits per heavy atom. The van der Waals surface area contributed by atoms with Crippen molar-refractivity contribution in [1.29, 1.82) is 0 Å². The van der Waals surface area contributed by atoms with Gasteiger partial charge in [0.15, 0.2) is 0 Å². The number of carbonyl (C=O) groups is 1. The lowest BCUT2D eigenvalue weighted by Gasteiger charge is -2.04. The third kappa shape index (κ3) is 3.68. The lowest BCUT2D eigenvalue weighted by molar-refractivity contribution is 0.0519. The predicted molar refractivity (Wildman–Crippen MR) is 80.1 cm³/mol. The molecular weight excluding hydrogens is 322 g/mol. The van der Waals surface area contributed by atoms with Crippen LogP contribution in [0.25, 0.3) is 0 Å². The molecule has 2 rings (SSSR count). The molecule has 0 N–H and O–H groups in total. The van der Waals surface area contributed by atoms with Gasteiger partial charge in [-0.2, -0.15) is 0 Å². The maximum absolute atomic E-state index is 11.7. The van der Waals surface area contributed by atoms with Gasteiger partial charge in [-0.3, -0.25) is 0 Å². The molecule has 0 unspecified atom stereocenters. The highest BCUT2D eigenvalue weighted by Gasteiger charge is 2.05. The maximum Gasteiger partial charge on any atom is 0.365 e. The standard InChI is InChI=1S/C15H12BrNO3/c1-19-14-8-7-13(16)9-12(14)10-17-20-15(18)11-5-3-2-4-6-11/h2-10H,1H3. The fourth-order valence-electron chi connectivity index (χ4n) is 1.56. The number of methoxy groups -OCH3 is 1. The van der Waals surface area contributed by atoms with E-state index in [1.165, 1.54) is 6.21 Å². The van der Waals surface area contributed by atoms with Gasteiger partial charge in [0.2, 0.25) is 0 Å². The molecule has 102 valence electrons. The van der Waals surface area contributed by atoms with Crippen LogP contribution in [0.3, 0.4) is 0 Å². The first-order valence-electron chi connectivity index (χ1n) is 5.84. The van der Waals surface area contributed by atoms with Crippen molar-refractivity contribution in [3.05, 3.63) is 64.1 Å². The van der Waals surface area contributed by atoms with Gasteiger partial charge in [-0.05, 0) is 30.3 Å². The van der Waals surface area contributed by atoms with Crippen molar-refractivity contribution < 1.29 is 14.4 Å². The topological polar surface area (TPSA) is 47.9 Å². The number of hydrogen-bond acceptors (Lipinski definition) is 4. The zero-order valence-electron chi connectivity index (χ0n) is 10.7. The number of hydrogen-bond donors (Lipinski definition) is 0. The average molecular weight is 334 g/mol. The molecule has 5 heteroatoms. The molecule has 0 aliphatic heterocycles. The number of oxime groups is 1. The van der Waals surface area contributed by atoms with Crippen molar-refractivity contribution in [3.63, 3.8) is 0 Å². The van der Waals surface area contributed by atoms with Gasteiger partial charge >= 0.3 is 5.97 Å². The highest BCUT2D eigenvalue weighted by molar-refractivity contribution is 9.10. The van der Waals surface area contributed by atoms with Crippen molar-refractivity contribution in [1.82, 2.24) is 0 Å². The van der Waals surface area contributed by atoms with Gasteiger partial charge in [0.1, 0.15) is 5.75 Å². The molecule has 0 saturated heterocycles. The Kier molecular flexibility index (Phi) is 4.90. The minimum absolute atomic E-state index is 0.450. The van der Waals surface area contributed by atoms with Crippen LogP contribution >= 0.6 is 15.9 Å². The van der Waals surface area contributed by atoms with E-state index in [4.69, 9.17) is 9.57 Å². The molecule has 0 spiro atoms. The van der Waals surface area contributed by atoms with Crippen LogP contribution in [0.4, 0.5) is 0 Å². The van der Waals surface area contributed by atoms with Crippen LogP contribution in [0.2, 0.25) is 0 Å². The summed E-state index contributed by atoms with van der Waals surface area (Å²) in [6.45, 7) is 0. The van der Waals surface area contributed by atoms with E-state index in [0.717, 1.165) is 4.47 Å². The molecule has 0 fully saturated rings. The molecular formula is C15H12BrNO3. The Labute approximate surface area is 125 Å². The average Bonchev–Trinajstić information content (AvgIpc) is 2.48. The first-order valence-corrected chi connectivity index (χ1v) is 6.63. The molecule has 0 heterocycles. The summed E-state index contributed by atoms with van der Waals surface area (Å²) in [4.78, 5) is 16.5. The van der Waals surface area contributed by atoms with E-state index < -0.39 is 5.97 Å². The quantitative estimate of drug-likeness (QED) is 0.487. The first kappa shape index (κ1) is 14.3. The third-order valence-electron chi connectivity index (χ3n) is 2.53. The number of rotatable bonds is 4. The molecule has 2 aromatic rings. The molecule has 2 aromatic carbocycles. The smallest absolute Gasteiger partial charge is 0.365 e. The molecule has 0 aliphatic carbocycles. The van der Waals surface area contributed by atoms with Gasteiger partial charge in [0.05, 0.1) is 18.9 Å². The molecule has 20 heavy (non-hydrogen) atoms. The van der Waals surface area contributed by atoms with Crippen LogP contribution in [0.5, 0.6) is 5.75 Å². The SMILES string of the molecule is COc1ccc(Br)cc1C=NOC(=O)c1ccccc1. The Morgan fingerprint density at radius 1 is 1.20 bits per heavy atom. The second kappa shape index (κ2) is 6.86. The summed E-state index contributed by atoms with van der Waals surface area (Å²) in [7, 11) is 1.57. The maximum atomic E-state index is 11.7. The third-order valence-corrected chi connectivity index (χ3v) is 3.02. The van der Waals surface area contributed by atoms with E-state index in [0.29, 0.717) is 16.9 Å². The number of halogens is 1. The summed E-state index contributed by atoms with van der Waals surface area (Å²) >= 11 is 3.36. The Bertz CT molecular complexity index is 626. The minimum atomic E-state index is -0.504. The number of carbonyl (C=O) groups excluding carboxylic acids is 1. The van der Waals surface area contributed by atoms with Crippen molar-refractivity contribution in [3.8, 4) is 5.75 Å². The van der Waals surface area contributed by atoms with E-state index in [9.17, 15) is 4.79 Å². The van der Waals surface area contributed by atoms with Crippen molar-refractivity contribution in [2.24, 2.45) is 5.16 Å². The van der Waals surface area contributed by atoms with Gasteiger partial charge in [-0.25, -0.2) is 4.79 Å². The fourth-order valence-corrected chi connectivity index (χ4v) is 1.94. The second-order valence-electron chi connectivity index (χ2n) is 3.87. The monoisotopic (exact) mass is 333 g/mol. The van der Waals surface area contributed by atoms with Crippen molar-refractivity contribution in [2.75, 3.05) is 7.11 Å². The summed E-state index contributed by atoms with van der Waals surface area (Å²) in [6.07, 6.45) is 1.43. The fraction of sp³-hybridized carbons (Fsp3) is 0.0667. The largest absolute Gasteiger partial charge is 0.496 e. The number of ether oxygens (including phenoxy) is 1. The normalized spacial score (nSPS) is 10.5. The highest BCUT2D eigenvalue weighted by Crippen LogP contribution is 2.21. The molecule has 4 nitrogen and oxygen atoms in total. The summed E-state index contributed by atoms with van der Waals surface area (Å²) in [6, 6.07) is 14.1. The van der Waals surface area contributed by atoms with Crippen LogP contribution in [0.1, 0.15) is 15.9 Å². The molecule has 0 atom stereocenters. The first-order chi connectivity index (χ1) is 9.70. The molecule has 0 amide bonds. The summed E-state index contributed by atoms with van der Waals surface area (Å²) < 4.78 is 6.07. The Hall–Kier alpha value is -2.14. The summed E-state index contributed by atoms with van der Waals surface area (Å²) in [5, 5.41) is 3.69. The van der Waals surface area contributed by atoms with E-state index in [1.54, 1.807) is 37.4 Å². The van der Waals surface area contributed by atoms with Crippen LogP contribution in [0, 0.1) is 0 Å². The zero-order chi connectivity index (χ0) is 14.4. The highest BCUT2D eigenvalue weighted by atomic mass is 79.9. The van der Waals surface area contributed by atoms with Crippen LogP contribution in [0.15, 0.2) is 58.2 Å². The van der Waals surface area contributed by atoms with Crippen LogP contribution in [-0.4, -0.2) is 19.3 Å². The number of nitrogens with zero attached hydrogens (tertiary/aromatic N) is 1. The molecule has 0 radical (unpaired) electrons. The zero-order valence-corrected chi connectivity index (χ0v) is 12.3. The van der Waals surface area contributed by atoms with Gasteiger partial charge in [0.25, 0.3) is 0 Å². The summed E-state index contributed by atoms with van der Waals surface area (Å²) in [5.41, 5.74) is 1.16. The van der Waals surface area contributed by atoms with Gasteiger partial charge in [-0.15, -0.1) is 0 Å². The number of benzene rings is 2. The molecule has 0 aliphatic rings. The second-order valence-corrected chi connectivity index (χ2v) is 4.78. The summed E-state index contributed by atoms with van der Waals surface area (Å²) in [5.74, 6) is 0.142. The predicted octanol–water partition coefficient (Wildman–Crippen LogP) is 3.65. The minimum Gasteiger partial charge on any atom is -0.496 e. The van der Waals surface area contributed by atoms with Crippen LogP contribution < -0.4 is 4.74 Å². The van der Waals surface area contributed by atoms with E-state index in [2.05, 4.69) is 21.1 Å². The molecule has 0 aromatic heterocycles. The van der Waals surface area contributed by atoms with Crippen LogP contribution in [-0.2, 0) is 4.84 Å². The Balaban J connectivity index is 2.07. The van der Waals surface area contributed by atoms with E-state index >= 15 is 0 Å². The lowest BCUT2D eigenvalue weighted by Crippen LogP contribution is -2.00. The van der Waals surface area contributed by atoms with E-state index in [-0.39, 0.29) is 0 Å². The van der Waals surface area contributed by atoms with Crippen molar-refractivity contribution >= 4 is 28.1 Å². The van der Waals surface area contributed by atoms with Gasteiger partial charge in [-0.1, -0.05) is 39.3 Å². The molecule has 0 bridgehead atoms. The molecule has 0 saturated carbocycles. The van der Waals surface area contributed by atoms with Gasteiger partial charge < -0.3 is 9.57 Å². The lowest BCUT2D eigenvalue weighted by atomic mass is 10.2. The van der Waals surface area contributed by atoms with E-state index in [1.807, 2.05) is 18.2 Å². The Morgan fingerprint density at radius 3 is 2.65 bits per heavy atom.